The van der Waals surface area contributed by atoms with E-state index in [1.54, 1.807) is 58.2 Å². The van der Waals surface area contributed by atoms with Crippen LogP contribution in [0.1, 0.15) is 124 Å². The number of amides is 11. The number of rotatable bonds is 38. The van der Waals surface area contributed by atoms with Crippen molar-refractivity contribution in [1.29, 1.82) is 0 Å². The van der Waals surface area contributed by atoms with Gasteiger partial charge in [-0.2, -0.15) is 0 Å². The van der Waals surface area contributed by atoms with Crippen molar-refractivity contribution < 1.29 is 78.0 Å². The number of aromatic nitrogens is 5. The quantitative estimate of drug-likeness (QED) is 0.0115. The van der Waals surface area contributed by atoms with Gasteiger partial charge >= 0.3 is 5.97 Å². The molecule has 2 fully saturated rings. The first-order chi connectivity index (χ1) is 48.7. The first-order valence-electron chi connectivity index (χ1n) is 34.6. The summed E-state index contributed by atoms with van der Waals surface area (Å²) in [4.78, 5) is 193. The number of para-hydroxylation sites is 1. The summed E-state index contributed by atoms with van der Waals surface area (Å²) < 4.78 is 0. The molecule has 2 aliphatic heterocycles. The van der Waals surface area contributed by atoms with Crippen LogP contribution in [0, 0.1) is 17.8 Å². The summed E-state index contributed by atoms with van der Waals surface area (Å²) in [7, 11) is 0. The number of nitrogens with zero attached hydrogens (tertiary/aromatic N) is 5. The van der Waals surface area contributed by atoms with Gasteiger partial charge in [0.2, 0.25) is 65.0 Å². The van der Waals surface area contributed by atoms with E-state index in [4.69, 9.17) is 17.2 Å². The lowest BCUT2D eigenvalue weighted by molar-refractivity contribution is -0.146. The minimum atomic E-state index is -1.89. The molecular weight excluding hydrogens is 1340 g/mol. The van der Waals surface area contributed by atoms with Gasteiger partial charge in [0.1, 0.15) is 60.4 Å². The molecule has 3 aromatic heterocycles. The highest BCUT2D eigenvalue weighted by atomic mass is 16.4. The van der Waals surface area contributed by atoms with Crippen LogP contribution in [0.5, 0.6) is 0 Å². The predicted octanol–water partition coefficient (Wildman–Crippen LogP) is -4.05. The number of aliphatic hydroxyl groups excluding tert-OH is 3. The second-order valence-electron chi connectivity index (χ2n) is 27.4. The maximum absolute atomic E-state index is 15.2. The van der Waals surface area contributed by atoms with Crippen molar-refractivity contribution in [2.45, 2.75) is 217 Å². The highest BCUT2D eigenvalue weighted by molar-refractivity contribution is 6.00. The Balaban J connectivity index is 1.24. The molecule has 0 unspecified atom stereocenters. The number of imidazole rings is 2. The molecule has 11 amide bonds. The van der Waals surface area contributed by atoms with Crippen molar-refractivity contribution in [3.8, 4) is 0 Å². The third-order valence-electron chi connectivity index (χ3n) is 17.9. The second kappa shape index (κ2) is 38.3. The van der Waals surface area contributed by atoms with Crippen LogP contribution in [0.4, 0.5) is 0 Å². The van der Waals surface area contributed by atoms with Crippen molar-refractivity contribution in [2.75, 3.05) is 19.6 Å². The lowest BCUT2D eigenvalue weighted by Gasteiger charge is -2.32. The van der Waals surface area contributed by atoms with Gasteiger partial charge in [0, 0.05) is 79.8 Å². The molecule has 22 N–H and O–H groups in total. The highest BCUT2D eigenvalue weighted by Gasteiger charge is 2.44. The summed E-state index contributed by atoms with van der Waals surface area (Å²) in [6, 6.07) is -10.1. The first kappa shape index (κ1) is 81.9. The molecule has 36 nitrogen and oxygen atoms in total. The highest BCUT2D eigenvalue weighted by Crippen LogP contribution is 2.25. The molecule has 566 valence electrons. The van der Waals surface area contributed by atoms with Crippen molar-refractivity contribution in [1.82, 2.24) is 82.6 Å². The number of H-pyrrole nitrogens is 3. The van der Waals surface area contributed by atoms with Gasteiger partial charge in [-0.05, 0) is 95.1 Å². The maximum Gasteiger partial charge on any atom is 0.328 e. The van der Waals surface area contributed by atoms with Crippen LogP contribution in [-0.2, 0) is 76.8 Å². The Morgan fingerprint density at radius 3 is 1.50 bits per heavy atom. The van der Waals surface area contributed by atoms with Gasteiger partial charge in [0.25, 0.3) is 0 Å². The van der Waals surface area contributed by atoms with E-state index in [9.17, 15) is 68.4 Å². The molecule has 4 aromatic rings. The van der Waals surface area contributed by atoms with Gasteiger partial charge in [-0.1, -0.05) is 59.7 Å². The van der Waals surface area contributed by atoms with Crippen LogP contribution in [0.3, 0.4) is 0 Å². The zero-order chi connectivity index (χ0) is 76.1. The minimum absolute atomic E-state index is 0.0263. The molecule has 1 aromatic carbocycles. The molecule has 6 rings (SSSR count). The Hall–Kier alpha value is -10.1. The normalized spacial score (nSPS) is 18.3. The van der Waals surface area contributed by atoms with Crippen LogP contribution in [0.15, 0.2) is 60.5 Å². The summed E-state index contributed by atoms with van der Waals surface area (Å²) >= 11 is 0. The molecule has 0 radical (unpaired) electrons. The summed E-state index contributed by atoms with van der Waals surface area (Å²) in [5.41, 5.74) is 19.3. The van der Waals surface area contributed by atoms with Gasteiger partial charge in [-0.25, -0.2) is 14.8 Å². The Bertz CT molecular complexity index is 3590. The van der Waals surface area contributed by atoms with Crippen molar-refractivity contribution in [2.24, 2.45) is 39.9 Å². The van der Waals surface area contributed by atoms with Crippen LogP contribution >= 0.6 is 0 Å². The number of carboxylic acid groups (broad SMARTS) is 1. The van der Waals surface area contributed by atoms with E-state index in [0.717, 1.165) is 6.92 Å². The van der Waals surface area contributed by atoms with Gasteiger partial charge in [-0.3, -0.25) is 57.7 Å². The topological polar surface area (TPSA) is 564 Å². The smallest absolute Gasteiger partial charge is 0.328 e. The number of benzene rings is 1. The Labute approximate surface area is 595 Å². The largest absolute Gasteiger partial charge is 0.480 e. The Kier molecular flexibility index (Phi) is 30.4. The average Bonchev–Trinajstić information content (AvgIpc) is 1.73. The summed E-state index contributed by atoms with van der Waals surface area (Å²) in [5.74, 6) is -12.3. The molecular formula is C67H102N20O16. The molecule has 0 saturated carbocycles. The fourth-order valence-corrected chi connectivity index (χ4v) is 12.3. The van der Waals surface area contributed by atoms with E-state index < -0.39 is 174 Å². The molecule has 0 spiro atoms. The zero-order valence-corrected chi connectivity index (χ0v) is 59.4. The molecule has 5 heterocycles. The monoisotopic (exact) mass is 1440 g/mol. The van der Waals surface area contributed by atoms with Crippen LogP contribution in [0.25, 0.3) is 10.9 Å². The van der Waals surface area contributed by atoms with E-state index in [0.29, 0.717) is 41.4 Å². The van der Waals surface area contributed by atoms with E-state index in [-0.39, 0.29) is 82.2 Å². The van der Waals surface area contributed by atoms with Crippen molar-refractivity contribution in [3.05, 3.63) is 72.5 Å². The Morgan fingerprint density at radius 2 is 1.00 bits per heavy atom. The Morgan fingerprint density at radius 1 is 0.544 bits per heavy atom. The molecule has 0 bridgehead atoms. The number of nitrogens with one attached hydrogen (secondary N) is 12. The number of nitrogens with two attached hydrogens (primary N) is 3. The van der Waals surface area contributed by atoms with Crippen LogP contribution < -0.4 is 65.1 Å². The van der Waals surface area contributed by atoms with Crippen molar-refractivity contribution >= 4 is 87.8 Å². The SMILES string of the molecule is CC(C)C[C@H](N)C(=O)N[C@H](C(=O)N1CCC[C@H]1C(=O)N[C@H](C(=O)N[C@H](C(=O)N[C@@H](Cc1cnc[nH]1)C(=O)N[C@@H](CCCN=C(N)N)C(=O)N[C@@H](Cc1cnc[nH]1)C(=O)N[C@@H](Cc1c[nH]c2ccccc12)C(=O)N1CCC[C@H]1C(=O)N[C@H](C(=O)N[C@H](C(=O)O)[C@@H](C)O)C(C)C)[C@@H](C)O)[C@@H](C)O)C(C)C. The van der Waals surface area contributed by atoms with Gasteiger partial charge in [-0.15, -0.1) is 0 Å². The molecule has 36 heteroatoms. The summed E-state index contributed by atoms with van der Waals surface area (Å²) in [5, 5.41) is 65.8. The summed E-state index contributed by atoms with van der Waals surface area (Å²) in [6.07, 6.45) is 2.48. The van der Waals surface area contributed by atoms with Gasteiger partial charge < -0.3 is 110 Å². The lowest BCUT2D eigenvalue weighted by atomic mass is 9.99. The molecule has 15 atom stereocenters. The number of aliphatic hydroxyl groups is 3. The van der Waals surface area contributed by atoms with E-state index >= 15 is 9.59 Å². The van der Waals surface area contributed by atoms with Gasteiger partial charge in [0.15, 0.2) is 12.0 Å². The number of aliphatic carboxylic acids is 1. The van der Waals surface area contributed by atoms with E-state index in [1.807, 2.05) is 13.8 Å². The minimum Gasteiger partial charge on any atom is -0.480 e. The number of carbonyl (C=O) groups is 12. The molecule has 2 saturated heterocycles. The van der Waals surface area contributed by atoms with Crippen LogP contribution in [0.2, 0.25) is 0 Å². The number of hydrogen-bond donors (Lipinski definition) is 19. The molecule has 2 aliphatic rings. The lowest BCUT2D eigenvalue weighted by Crippen LogP contribution is -2.63. The fourth-order valence-electron chi connectivity index (χ4n) is 12.3. The number of carbonyl (C=O) groups excluding carboxylic acids is 11. The standard InChI is InChI=1S/C67H102N20O16/c1-32(2)23-42(68)55(91)82-51(34(5)6)65(101)87-22-14-19-49(87)60(96)83-53(36(8)89)63(99)84-52(35(7)88)62(98)79-46(26-40-29-72-31-76-40)57(93)77-44(17-12-20-73-67(69)70)56(92)78-45(25-39-28-71-30-75-39)58(94)80-47(24-38-27-74-43-16-11-10-15-41(38)43)64(100)86-21-13-18-48(86)59(95)81-50(33(3)4)61(97)85-54(37(9)90)66(102)103/h10-11,15-16,27-37,42,44-54,74,88-90H,12-14,17-26,68H2,1-9H3,(H,71,75)(H,72,76)(H,77,93)(H,78,92)(H,79,98)(H,80,94)(H,81,95)(H,82,91)(H,83,96)(H,84,99)(H,85,97)(H,102,103)(H4,69,70,73)/t35-,36-,37-,42+,44+,45+,46+,47+,48+,49+,50+,51+,52+,53+,54+/m1/s1. The number of aliphatic imine (C=N–C) groups is 1. The number of aromatic amines is 3. The molecule has 0 aliphatic carbocycles. The van der Waals surface area contributed by atoms with E-state index in [2.05, 4.69) is 77.8 Å². The number of guanidine groups is 1. The van der Waals surface area contributed by atoms with Gasteiger partial charge in [0.05, 0.1) is 37.0 Å². The average molecular weight is 1440 g/mol. The zero-order valence-electron chi connectivity index (χ0n) is 59.4. The fraction of sp³-hybridized carbons (Fsp3) is 0.597. The van der Waals surface area contributed by atoms with Crippen molar-refractivity contribution in [3.63, 3.8) is 0 Å². The first-order valence-corrected chi connectivity index (χ1v) is 34.6. The van der Waals surface area contributed by atoms with Crippen LogP contribution in [-0.4, -0.2) is 243 Å². The number of hydrogen-bond acceptors (Lipinski definition) is 19. The third-order valence-corrected chi connectivity index (χ3v) is 17.9. The number of likely N-dealkylation sites (tertiary alicyclic amines) is 2. The predicted molar refractivity (Wildman–Crippen MR) is 373 cm³/mol. The second-order valence-corrected chi connectivity index (χ2v) is 27.4. The molecule has 103 heavy (non-hydrogen) atoms. The third kappa shape index (κ3) is 23.2. The summed E-state index contributed by atoms with van der Waals surface area (Å²) in [6.45, 7) is 14.0. The number of fused-ring (bicyclic) bond motifs is 1. The maximum atomic E-state index is 15.2. The number of carboxylic acids is 1. The van der Waals surface area contributed by atoms with E-state index in [1.165, 1.54) is 48.7 Å².